The van der Waals surface area contributed by atoms with Gasteiger partial charge in [-0.25, -0.2) is 18.1 Å². The summed E-state index contributed by atoms with van der Waals surface area (Å²) in [5.41, 5.74) is 0.814. The molecule has 2 aromatic carbocycles. The average molecular weight is 650 g/mol. The summed E-state index contributed by atoms with van der Waals surface area (Å²) >= 11 is 0. The number of hydrogen-bond acceptors (Lipinski definition) is 8. The highest BCUT2D eigenvalue weighted by molar-refractivity contribution is 7.89. The van der Waals surface area contributed by atoms with E-state index < -0.39 is 52.0 Å². The van der Waals surface area contributed by atoms with E-state index in [2.05, 4.69) is 29.5 Å². The molecule has 0 radical (unpaired) electrons. The van der Waals surface area contributed by atoms with Gasteiger partial charge in [0.25, 0.3) is 0 Å². The van der Waals surface area contributed by atoms with E-state index in [0.717, 1.165) is 47.8 Å². The molecule has 0 bridgehead atoms. The highest BCUT2D eigenvalue weighted by Gasteiger charge is 2.32. The normalized spacial score (nSPS) is 17.8. The van der Waals surface area contributed by atoms with Crippen molar-refractivity contribution in [3.8, 4) is 11.5 Å². The van der Waals surface area contributed by atoms with E-state index in [1.54, 1.807) is 0 Å². The number of fused-ring (bicyclic) bond motifs is 1. The molecule has 1 aliphatic carbocycles. The van der Waals surface area contributed by atoms with Crippen molar-refractivity contribution in [1.82, 2.24) is 14.7 Å². The summed E-state index contributed by atoms with van der Waals surface area (Å²) < 4.78 is 114. The molecule has 1 fully saturated rings. The van der Waals surface area contributed by atoms with Gasteiger partial charge in [0, 0.05) is 38.6 Å². The van der Waals surface area contributed by atoms with Crippen LogP contribution in [0.4, 0.5) is 38.1 Å². The summed E-state index contributed by atoms with van der Waals surface area (Å²) in [6.45, 7) is -2.87. The van der Waals surface area contributed by atoms with Crippen LogP contribution in [0.2, 0.25) is 0 Å². The van der Waals surface area contributed by atoms with Crippen LogP contribution in [0.25, 0.3) is 10.9 Å². The van der Waals surface area contributed by atoms with Gasteiger partial charge in [0.05, 0.1) is 5.52 Å². The quantitative estimate of drug-likeness (QED) is 0.238. The maximum atomic E-state index is 13.1. The van der Waals surface area contributed by atoms with E-state index in [1.165, 1.54) is 0 Å². The number of halogens is 6. The maximum absolute atomic E-state index is 13.1. The Balaban J connectivity index is 1.35. The zero-order chi connectivity index (χ0) is 32.1. The second-order valence-electron chi connectivity index (χ2n) is 10.8. The maximum Gasteiger partial charge on any atom is 0.422 e. The Labute approximate surface area is 251 Å². The number of alkyl halides is 6. The molecule has 0 spiro atoms. The van der Waals surface area contributed by atoms with E-state index >= 15 is 0 Å². The first kappa shape index (κ1) is 33.4. The van der Waals surface area contributed by atoms with Crippen LogP contribution in [0.3, 0.4) is 0 Å². The molecule has 16 heteroatoms. The largest absolute Gasteiger partial charge is 0.484 e. The van der Waals surface area contributed by atoms with Crippen LogP contribution in [0.1, 0.15) is 25.7 Å². The SMILES string of the molecule is CN(C)c1nc(NC[C@H]2CC[C@H](CNS(=O)(=O)c3cc(OCC(F)(F)F)ccc3OCC(F)(F)F)CC2)nc2ccccc12. The number of benzene rings is 2. The molecule has 1 aliphatic rings. The van der Waals surface area contributed by atoms with E-state index in [0.29, 0.717) is 25.3 Å². The van der Waals surface area contributed by atoms with Crippen molar-refractivity contribution in [2.24, 2.45) is 11.8 Å². The monoisotopic (exact) mass is 649 g/mol. The highest BCUT2D eigenvalue weighted by atomic mass is 32.2. The molecular formula is C28H33F6N5O4S. The third-order valence-electron chi connectivity index (χ3n) is 7.08. The Morgan fingerprint density at radius 3 is 2.11 bits per heavy atom. The highest BCUT2D eigenvalue weighted by Crippen LogP contribution is 2.33. The van der Waals surface area contributed by atoms with Crippen LogP contribution in [0.5, 0.6) is 11.5 Å². The Hall–Kier alpha value is -3.53. The molecular weight excluding hydrogens is 616 g/mol. The second kappa shape index (κ2) is 13.6. The topological polar surface area (TPSA) is 106 Å². The third kappa shape index (κ3) is 9.48. The van der Waals surface area contributed by atoms with Gasteiger partial charge in [0.2, 0.25) is 16.0 Å². The van der Waals surface area contributed by atoms with Crippen LogP contribution in [0, 0.1) is 11.8 Å². The molecule has 0 saturated heterocycles. The number of rotatable bonds is 12. The van der Waals surface area contributed by atoms with Crippen molar-refractivity contribution < 1.29 is 44.2 Å². The number of aromatic nitrogens is 2. The van der Waals surface area contributed by atoms with E-state index in [4.69, 9.17) is 0 Å². The summed E-state index contributed by atoms with van der Waals surface area (Å²) in [4.78, 5) is 10.4. The summed E-state index contributed by atoms with van der Waals surface area (Å²) in [5.74, 6) is 0.388. The predicted octanol–water partition coefficient (Wildman–Crippen LogP) is 5.77. The smallest absolute Gasteiger partial charge is 0.422 e. The Bertz CT molecular complexity index is 1530. The van der Waals surface area contributed by atoms with E-state index in [-0.39, 0.29) is 18.4 Å². The fourth-order valence-corrected chi connectivity index (χ4v) is 6.17. The van der Waals surface area contributed by atoms with Crippen molar-refractivity contribution >= 4 is 32.7 Å². The summed E-state index contributed by atoms with van der Waals surface area (Å²) in [6, 6.07) is 10.2. The van der Waals surface area contributed by atoms with Crippen LogP contribution < -0.4 is 24.4 Å². The van der Waals surface area contributed by atoms with Gasteiger partial charge in [-0.05, 0) is 61.8 Å². The number of nitrogens with zero attached hydrogens (tertiary/aromatic N) is 3. The summed E-state index contributed by atoms with van der Waals surface area (Å²) in [7, 11) is -0.648. The number of para-hydroxylation sites is 1. The summed E-state index contributed by atoms with van der Waals surface area (Å²) in [6.07, 6.45) is -6.52. The van der Waals surface area contributed by atoms with Gasteiger partial charge in [0.15, 0.2) is 13.2 Å². The molecule has 0 atom stereocenters. The third-order valence-corrected chi connectivity index (χ3v) is 8.53. The molecule has 4 rings (SSSR count). The molecule has 2 N–H and O–H groups in total. The van der Waals surface area contributed by atoms with Crippen molar-refractivity contribution in [3.63, 3.8) is 0 Å². The molecule has 1 saturated carbocycles. The fourth-order valence-electron chi connectivity index (χ4n) is 4.89. The van der Waals surface area contributed by atoms with Gasteiger partial charge in [-0.2, -0.15) is 31.3 Å². The molecule has 44 heavy (non-hydrogen) atoms. The summed E-state index contributed by atoms with van der Waals surface area (Å²) in [5, 5.41) is 4.25. The van der Waals surface area contributed by atoms with Crippen LogP contribution in [0.15, 0.2) is 47.4 Å². The van der Waals surface area contributed by atoms with Crippen molar-refractivity contribution in [2.45, 2.75) is 42.9 Å². The van der Waals surface area contributed by atoms with Gasteiger partial charge < -0.3 is 19.7 Å². The Kier molecular flexibility index (Phi) is 10.3. The van der Waals surface area contributed by atoms with Crippen LogP contribution in [-0.2, 0) is 10.0 Å². The molecule has 3 aromatic rings. The van der Waals surface area contributed by atoms with Gasteiger partial charge in [-0.3, -0.25) is 0 Å². The van der Waals surface area contributed by atoms with Crippen LogP contribution >= 0.6 is 0 Å². The average Bonchev–Trinajstić information content (AvgIpc) is 2.96. The van der Waals surface area contributed by atoms with Gasteiger partial charge in [-0.15, -0.1) is 0 Å². The number of nitrogens with one attached hydrogen (secondary N) is 2. The Morgan fingerprint density at radius 1 is 0.864 bits per heavy atom. The van der Waals surface area contributed by atoms with E-state index in [1.807, 2.05) is 43.3 Å². The standard InChI is InChI=1S/C28H33F6N5O4S/c1-39(2)25-21-5-3-4-6-22(21)37-26(38-25)35-14-18-7-9-19(10-8-18)15-36-44(40,41)24-13-20(42-16-27(29,30)31)11-12-23(24)43-17-28(32,33)34/h3-6,11-13,18-19,36H,7-10,14-17H2,1-2H3,(H,35,37,38)/t18-,19-. The van der Waals surface area contributed by atoms with Gasteiger partial charge in [-0.1, -0.05) is 12.1 Å². The molecule has 242 valence electrons. The zero-order valence-corrected chi connectivity index (χ0v) is 24.8. The minimum absolute atomic E-state index is 0.00515. The lowest BCUT2D eigenvalue weighted by Gasteiger charge is -2.29. The Morgan fingerprint density at radius 2 is 1.48 bits per heavy atom. The van der Waals surface area contributed by atoms with Crippen LogP contribution in [-0.4, -0.2) is 71.1 Å². The van der Waals surface area contributed by atoms with Crippen molar-refractivity contribution in [1.29, 1.82) is 0 Å². The molecule has 1 aromatic heterocycles. The fraction of sp³-hybridized carbons (Fsp3) is 0.500. The van der Waals surface area contributed by atoms with Gasteiger partial charge in [0.1, 0.15) is 22.2 Å². The molecule has 0 aliphatic heterocycles. The lowest BCUT2D eigenvalue weighted by Crippen LogP contribution is -2.33. The lowest BCUT2D eigenvalue weighted by molar-refractivity contribution is -0.154. The number of sulfonamides is 1. The molecule has 9 nitrogen and oxygen atoms in total. The first-order valence-corrected chi connectivity index (χ1v) is 15.3. The van der Waals surface area contributed by atoms with Crippen molar-refractivity contribution in [2.75, 3.05) is 50.6 Å². The first-order valence-electron chi connectivity index (χ1n) is 13.8. The van der Waals surface area contributed by atoms with E-state index in [9.17, 15) is 34.8 Å². The number of ether oxygens (including phenoxy) is 2. The first-order chi connectivity index (χ1) is 20.6. The molecule has 0 amide bonds. The zero-order valence-electron chi connectivity index (χ0n) is 24.0. The van der Waals surface area contributed by atoms with Gasteiger partial charge >= 0.3 is 12.4 Å². The number of hydrogen-bond donors (Lipinski definition) is 2. The second-order valence-corrected chi connectivity index (χ2v) is 12.6. The minimum Gasteiger partial charge on any atom is -0.484 e. The minimum atomic E-state index is -4.76. The van der Waals surface area contributed by atoms with Crippen molar-refractivity contribution in [3.05, 3.63) is 42.5 Å². The predicted molar refractivity (Wildman–Crippen MR) is 153 cm³/mol. The number of anilines is 2. The molecule has 0 unspecified atom stereocenters. The molecule has 1 heterocycles. The lowest BCUT2D eigenvalue weighted by atomic mass is 9.82.